The van der Waals surface area contributed by atoms with E-state index in [1.807, 2.05) is 91.0 Å². The van der Waals surface area contributed by atoms with Gasteiger partial charge in [0.25, 0.3) is 11.5 Å². The predicted molar refractivity (Wildman–Crippen MR) is 180 cm³/mol. The van der Waals surface area contributed by atoms with Crippen molar-refractivity contribution in [3.8, 4) is 11.1 Å². The molecule has 218 valence electrons. The number of pyridine rings is 1. The van der Waals surface area contributed by atoms with E-state index in [0.29, 0.717) is 22.2 Å². The SMILES string of the molecule is O=C(c1ccccc1)[C@H]1C(c2c(-c3ccccc3)c3cc(Br)ccc3[nH]c2=O)=NN(C(=O)c2ccccc2)[C@H]1c1ccccc1. The van der Waals surface area contributed by atoms with Crippen molar-refractivity contribution < 1.29 is 9.59 Å². The maximum absolute atomic E-state index is 14.7. The van der Waals surface area contributed by atoms with E-state index in [1.54, 1.807) is 48.5 Å². The Morgan fingerprint density at radius 3 is 1.91 bits per heavy atom. The van der Waals surface area contributed by atoms with Crippen LogP contribution in [-0.4, -0.2) is 27.4 Å². The van der Waals surface area contributed by atoms with Gasteiger partial charge in [0.15, 0.2) is 5.78 Å². The van der Waals surface area contributed by atoms with E-state index >= 15 is 0 Å². The summed E-state index contributed by atoms with van der Waals surface area (Å²) in [6.07, 6.45) is 0. The van der Waals surface area contributed by atoms with Gasteiger partial charge in [-0.2, -0.15) is 5.10 Å². The summed E-state index contributed by atoms with van der Waals surface area (Å²) < 4.78 is 0.832. The Labute approximate surface area is 267 Å². The molecule has 7 heteroatoms. The van der Waals surface area contributed by atoms with Crippen molar-refractivity contribution in [1.82, 2.24) is 9.99 Å². The van der Waals surface area contributed by atoms with E-state index in [2.05, 4.69) is 20.9 Å². The zero-order valence-electron chi connectivity index (χ0n) is 23.9. The molecule has 6 nitrogen and oxygen atoms in total. The van der Waals surface area contributed by atoms with E-state index in [-0.39, 0.29) is 23.0 Å². The number of ketones is 1. The van der Waals surface area contributed by atoms with Crippen molar-refractivity contribution in [3.05, 3.63) is 177 Å². The molecule has 2 heterocycles. The second kappa shape index (κ2) is 11.9. The Morgan fingerprint density at radius 2 is 1.27 bits per heavy atom. The number of hydrogen-bond donors (Lipinski definition) is 1. The fourth-order valence-electron chi connectivity index (χ4n) is 6.07. The first kappa shape index (κ1) is 28.4. The highest BCUT2D eigenvalue weighted by Crippen LogP contribution is 2.43. The molecule has 1 N–H and O–H groups in total. The number of aromatic nitrogens is 1. The zero-order chi connectivity index (χ0) is 30.9. The van der Waals surface area contributed by atoms with Crippen LogP contribution in [-0.2, 0) is 0 Å². The summed E-state index contributed by atoms with van der Waals surface area (Å²) in [5.74, 6) is -1.58. The van der Waals surface area contributed by atoms with Crippen molar-refractivity contribution in [1.29, 1.82) is 0 Å². The maximum atomic E-state index is 14.7. The highest BCUT2D eigenvalue weighted by Gasteiger charge is 2.47. The summed E-state index contributed by atoms with van der Waals surface area (Å²) in [5, 5.41) is 7.10. The van der Waals surface area contributed by atoms with Gasteiger partial charge in [-0.3, -0.25) is 14.4 Å². The average molecular weight is 653 g/mol. The largest absolute Gasteiger partial charge is 0.321 e. The van der Waals surface area contributed by atoms with E-state index in [0.717, 1.165) is 21.0 Å². The quantitative estimate of drug-likeness (QED) is 0.185. The molecule has 1 aromatic heterocycles. The topological polar surface area (TPSA) is 82.6 Å². The third-order valence-corrected chi connectivity index (χ3v) is 8.59. The molecule has 0 unspecified atom stereocenters. The number of fused-ring (bicyclic) bond motifs is 1. The molecule has 0 saturated carbocycles. The summed E-state index contributed by atoms with van der Waals surface area (Å²) in [4.78, 5) is 46.1. The molecule has 1 aliphatic heterocycles. The minimum absolute atomic E-state index is 0.237. The Hall–Kier alpha value is -5.40. The van der Waals surface area contributed by atoms with Crippen LogP contribution >= 0.6 is 15.9 Å². The number of carbonyl (C=O) groups is 2. The van der Waals surface area contributed by atoms with Crippen LogP contribution in [0.1, 0.15) is 37.9 Å². The lowest BCUT2D eigenvalue weighted by Gasteiger charge is -2.27. The molecule has 0 radical (unpaired) electrons. The lowest BCUT2D eigenvalue weighted by molar-refractivity contribution is 0.0666. The number of nitrogens with zero attached hydrogens (tertiary/aromatic N) is 2. The van der Waals surface area contributed by atoms with Gasteiger partial charge in [-0.05, 0) is 41.5 Å². The monoisotopic (exact) mass is 651 g/mol. The van der Waals surface area contributed by atoms with E-state index in [9.17, 15) is 14.4 Å². The van der Waals surface area contributed by atoms with Gasteiger partial charge in [0.05, 0.1) is 23.2 Å². The van der Waals surface area contributed by atoms with Crippen molar-refractivity contribution in [2.24, 2.45) is 11.0 Å². The van der Waals surface area contributed by atoms with Crippen LogP contribution in [0.4, 0.5) is 0 Å². The van der Waals surface area contributed by atoms with Gasteiger partial charge in [-0.25, -0.2) is 5.01 Å². The van der Waals surface area contributed by atoms with Crippen LogP contribution in [0.2, 0.25) is 0 Å². The fourth-order valence-corrected chi connectivity index (χ4v) is 6.43. The summed E-state index contributed by atoms with van der Waals surface area (Å²) in [6.45, 7) is 0. The molecule has 0 bridgehead atoms. The van der Waals surface area contributed by atoms with E-state index in [4.69, 9.17) is 5.10 Å². The number of halogens is 1. The summed E-state index contributed by atoms with van der Waals surface area (Å²) in [5.41, 5.74) is 3.80. The Bertz CT molecular complexity index is 2130. The number of benzene rings is 5. The highest BCUT2D eigenvalue weighted by molar-refractivity contribution is 9.10. The van der Waals surface area contributed by atoms with Crippen LogP contribution < -0.4 is 5.56 Å². The van der Waals surface area contributed by atoms with Crippen molar-refractivity contribution in [2.45, 2.75) is 6.04 Å². The molecule has 0 saturated heterocycles. The number of aromatic amines is 1. The molecule has 2 atom stereocenters. The number of hydrazone groups is 1. The van der Waals surface area contributed by atoms with Gasteiger partial charge < -0.3 is 4.98 Å². The molecule has 1 aliphatic rings. The maximum Gasteiger partial charge on any atom is 0.274 e. The molecule has 1 amide bonds. The van der Waals surface area contributed by atoms with Gasteiger partial charge in [0.1, 0.15) is 0 Å². The first-order chi connectivity index (χ1) is 22.0. The van der Waals surface area contributed by atoms with Crippen molar-refractivity contribution in [3.63, 3.8) is 0 Å². The standard InChI is InChI=1S/C38H26BrN3O3/c39-28-21-22-30-29(23-28)31(24-13-5-1-6-14-24)32(37(44)40-30)34-33(36(43)26-17-9-3-10-18-26)35(25-15-7-2-8-16-25)42(41-34)38(45)27-19-11-4-12-20-27/h1-23,33,35H,(H,40,44)/t33-,35-/m0/s1. The molecular weight excluding hydrogens is 626 g/mol. The first-order valence-electron chi connectivity index (χ1n) is 14.5. The molecule has 7 rings (SSSR count). The third kappa shape index (κ3) is 5.21. The Balaban J connectivity index is 1.55. The van der Waals surface area contributed by atoms with Gasteiger partial charge >= 0.3 is 0 Å². The van der Waals surface area contributed by atoms with E-state index in [1.165, 1.54) is 5.01 Å². The Kier molecular flexibility index (Phi) is 7.53. The van der Waals surface area contributed by atoms with Gasteiger partial charge in [0.2, 0.25) is 0 Å². The summed E-state index contributed by atoms with van der Waals surface area (Å²) >= 11 is 3.60. The average Bonchev–Trinajstić information content (AvgIpc) is 3.49. The number of Topliss-reactive ketones (excluding diaryl/α,β-unsaturated/α-hetero) is 1. The number of H-pyrrole nitrogens is 1. The highest BCUT2D eigenvalue weighted by atomic mass is 79.9. The lowest BCUT2D eigenvalue weighted by Crippen LogP contribution is -2.36. The summed E-state index contributed by atoms with van der Waals surface area (Å²) in [7, 11) is 0. The van der Waals surface area contributed by atoms with Crippen LogP contribution in [0.5, 0.6) is 0 Å². The Morgan fingerprint density at radius 1 is 0.689 bits per heavy atom. The van der Waals surface area contributed by atoms with Gasteiger partial charge in [-0.1, -0.05) is 125 Å². The van der Waals surface area contributed by atoms with Crippen LogP contribution in [0.15, 0.2) is 154 Å². The first-order valence-corrected chi connectivity index (χ1v) is 15.3. The molecule has 0 spiro atoms. The van der Waals surface area contributed by atoms with E-state index < -0.39 is 17.5 Å². The number of hydrogen-bond acceptors (Lipinski definition) is 4. The minimum atomic E-state index is -0.976. The zero-order valence-corrected chi connectivity index (χ0v) is 25.5. The molecule has 0 fully saturated rings. The minimum Gasteiger partial charge on any atom is -0.321 e. The number of rotatable bonds is 6. The molecule has 45 heavy (non-hydrogen) atoms. The van der Waals surface area contributed by atoms with Crippen molar-refractivity contribution >= 4 is 44.2 Å². The van der Waals surface area contributed by atoms with Gasteiger partial charge in [0, 0.05) is 32.1 Å². The lowest BCUT2D eigenvalue weighted by atomic mass is 9.80. The number of amides is 1. The van der Waals surface area contributed by atoms with Crippen molar-refractivity contribution in [2.75, 3.05) is 0 Å². The van der Waals surface area contributed by atoms with Crippen LogP contribution in [0.25, 0.3) is 22.0 Å². The number of carbonyl (C=O) groups excluding carboxylic acids is 2. The molecule has 6 aromatic rings. The molecule has 5 aromatic carbocycles. The van der Waals surface area contributed by atoms with Gasteiger partial charge in [-0.15, -0.1) is 0 Å². The van der Waals surface area contributed by atoms with Crippen LogP contribution in [0, 0.1) is 5.92 Å². The summed E-state index contributed by atoms with van der Waals surface area (Å²) in [6, 6.07) is 41.7. The molecular formula is C38H26BrN3O3. The fraction of sp³-hybridized carbons (Fsp3) is 0.0526. The number of nitrogens with one attached hydrogen (secondary N) is 1. The third-order valence-electron chi connectivity index (χ3n) is 8.09. The second-order valence-corrected chi connectivity index (χ2v) is 11.7. The molecule has 0 aliphatic carbocycles. The second-order valence-electron chi connectivity index (χ2n) is 10.8. The predicted octanol–water partition coefficient (Wildman–Crippen LogP) is 8.06. The smallest absolute Gasteiger partial charge is 0.274 e. The van der Waals surface area contributed by atoms with Crippen LogP contribution in [0.3, 0.4) is 0 Å². The normalized spacial score (nSPS) is 16.0.